The number of guanidine groups is 1. The molecule has 1 heterocycles. The second-order valence-corrected chi connectivity index (χ2v) is 7.01. The molecule has 0 aromatic heterocycles. The van der Waals surface area contributed by atoms with E-state index in [-0.39, 0.29) is 24.0 Å². The lowest BCUT2D eigenvalue weighted by Crippen LogP contribution is -2.53. The third-order valence-electron chi connectivity index (χ3n) is 4.45. The average molecular weight is 436 g/mol. The molecular formula is C16H29IN4S. The van der Waals surface area contributed by atoms with Crippen molar-refractivity contribution in [3.05, 3.63) is 0 Å². The number of halogens is 1. The van der Waals surface area contributed by atoms with E-state index in [9.17, 15) is 0 Å². The maximum atomic E-state index is 5.33. The third kappa shape index (κ3) is 5.50. The lowest BCUT2D eigenvalue weighted by atomic mass is 9.95. The Morgan fingerprint density at radius 1 is 1.27 bits per heavy atom. The highest BCUT2D eigenvalue weighted by Gasteiger charge is 2.39. The molecule has 4 nitrogen and oxygen atoms in total. The molecule has 22 heavy (non-hydrogen) atoms. The molecule has 1 saturated heterocycles. The van der Waals surface area contributed by atoms with Crippen LogP contribution in [-0.2, 0) is 0 Å². The van der Waals surface area contributed by atoms with E-state index in [0.29, 0.717) is 12.1 Å². The Labute approximate surface area is 156 Å². The summed E-state index contributed by atoms with van der Waals surface area (Å²) in [5.41, 5.74) is 0.291. The molecule has 126 valence electrons. The topological polar surface area (TPSA) is 39.7 Å². The second-order valence-electron chi connectivity index (χ2n) is 5.78. The van der Waals surface area contributed by atoms with Crippen LogP contribution >= 0.6 is 35.7 Å². The minimum Gasteiger partial charge on any atom is -0.357 e. The number of nitrogens with zero attached hydrogens (tertiary/aromatic N) is 2. The van der Waals surface area contributed by atoms with Gasteiger partial charge in [0.2, 0.25) is 0 Å². The first-order valence-corrected chi connectivity index (χ1v) is 9.25. The van der Waals surface area contributed by atoms with Crippen molar-refractivity contribution < 1.29 is 0 Å². The summed E-state index contributed by atoms with van der Waals surface area (Å²) in [5.74, 6) is 6.00. The Morgan fingerprint density at radius 2 is 1.95 bits per heavy atom. The maximum absolute atomic E-state index is 5.33. The van der Waals surface area contributed by atoms with Crippen LogP contribution in [0.15, 0.2) is 4.99 Å². The smallest absolute Gasteiger partial charge is 0.192 e. The summed E-state index contributed by atoms with van der Waals surface area (Å²) in [6.07, 6.45) is 10.6. The number of nitrogens with one attached hydrogen (secondary N) is 2. The van der Waals surface area contributed by atoms with Crippen molar-refractivity contribution in [1.82, 2.24) is 15.5 Å². The van der Waals surface area contributed by atoms with Gasteiger partial charge in [-0.15, -0.1) is 30.4 Å². The van der Waals surface area contributed by atoms with Gasteiger partial charge in [-0.1, -0.05) is 18.8 Å². The van der Waals surface area contributed by atoms with Crippen molar-refractivity contribution in [2.24, 2.45) is 4.99 Å². The van der Waals surface area contributed by atoms with E-state index in [1.54, 1.807) is 0 Å². The molecule has 0 aromatic carbocycles. The van der Waals surface area contributed by atoms with Crippen LogP contribution in [0.4, 0.5) is 0 Å². The zero-order chi connectivity index (χ0) is 15.0. The van der Waals surface area contributed by atoms with Gasteiger partial charge in [-0.05, 0) is 19.8 Å². The van der Waals surface area contributed by atoms with Gasteiger partial charge < -0.3 is 10.6 Å². The molecule has 0 unspecified atom stereocenters. The molecule has 0 atom stereocenters. The van der Waals surface area contributed by atoms with E-state index in [1.807, 2.05) is 0 Å². The molecule has 0 spiro atoms. The Balaban J connectivity index is 0.00000242. The molecular weight excluding hydrogens is 407 g/mol. The number of hydrogen-bond donors (Lipinski definition) is 2. The van der Waals surface area contributed by atoms with Crippen molar-refractivity contribution in [2.45, 2.75) is 38.1 Å². The highest BCUT2D eigenvalue weighted by molar-refractivity contribution is 14.0. The molecule has 2 fully saturated rings. The summed E-state index contributed by atoms with van der Waals surface area (Å²) in [6, 6.07) is 0. The van der Waals surface area contributed by atoms with Gasteiger partial charge in [-0.2, -0.15) is 11.8 Å². The van der Waals surface area contributed by atoms with Crippen LogP contribution in [-0.4, -0.2) is 60.6 Å². The zero-order valence-corrected chi connectivity index (χ0v) is 16.7. The Morgan fingerprint density at radius 3 is 2.55 bits per heavy atom. The number of rotatable bonds is 5. The first-order valence-electron chi connectivity index (χ1n) is 8.09. The van der Waals surface area contributed by atoms with Gasteiger partial charge in [-0.25, -0.2) is 0 Å². The number of aliphatic imine (C=N–C) groups is 1. The SMILES string of the molecule is C#CCNC(=NCC1(N2CCSCC2)CCCC1)NCC.I. The number of terminal acetylenes is 1. The van der Waals surface area contributed by atoms with E-state index >= 15 is 0 Å². The molecule has 2 N–H and O–H groups in total. The second kappa shape index (κ2) is 10.6. The Bertz CT molecular complexity index is 382. The summed E-state index contributed by atoms with van der Waals surface area (Å²) >= 11 is 2.08. The lowest BCUT2D eigenvalue weighted by Gasteiger charge is -2.42. The highest BCUT2D eigenvalue weighted by Crippen LogP contribution is 2.36. The summed E-state index contributed by atoms with van der Waals surface area (Å²) in [7, 11) is 0. The third-order valence-corrected chi connectivity index (χ3v) is 5.39. The largest absolute Gasteiger partial charge is 0.357 e. The van der Waals surface area contributed by atoms with E-state index in [4.69, 9.17) is 11.4 Å². The molecule has 0 amide bonds. The standard InChI is InChI=1S/C16H28N4S.HI/c1-3-9-18-15(17-4-2)19-14-16(7-5-6-8-16)20-10-12-21-13-11-20;/h1H,4-14H2,2H3,(H2,17,18,19);1H. The first-order chi connectivity index (χ1) is 10.3. The van der Waals surface area contributed by atoms with Crippen molar-refractivity contribution in [1.29, 1.82) is 0 Å². The van der Waals surface area contributed by atoms with E-state index < -0.39 is 0 Å². The molecule has 1 saturated carbocycles. The fourth-order valence-corrected chi connectivity index (χ4v) is 4.25. The molecule has 2 aliphatic rings. The first kappa shape index (κ1) is 19.9. The molecule has 6 heteroatoms. The summed E-state index contributed by atoms with van der Waals surface area (Å²) < 4.78 is 0. The fraction of sp³-hybridized carbons (Fsp3) is 0.812. The van der Waals surface area contributed by atoms with Crippen LogP contribution in [0.3, 0.4) is 0 Å². The van der Waals surface area contributed by atoms with Gasteiger partial charge in [-0.3, -0.25) is 9.89 Å². The highest BCUT2D eigenvalue weighted by atomic mass is 127. The van der Waals surface area contributed by atoms with Gasteiger partial charge in [0.05, 0.1) is 13.1 Å². The van der Waals surface area contributed by atoms with Gasteiger partial charge in [0.15, 0.2) is 5.96 Å². The monoisotopic (exact) mass is 436 g/mol. The molecule has 0 bridgehead atoms. The van der Waals surface area contributed by atoms with E-state index in [2.05, 4.69) is 40.1 Å². The molecule has 0 radical (unpaired) electrons. The number of thioether (sulfide) groups is 1. The Kier molecular flexibility index (Phi) is 9.60. The molecule has 1 aliphatic carbocycles. The average Bonchev–Trinajstić information content (AvgIpc) is 3.01. The van der Waals surface area contributed by atoms with Gasteiger partial charge in [0, 0.05) is 36.7 Å². The minimum absolute atomic E-state index is 0. The molecule has 2 rings (SSSR count). The van der Waals surface area contributed by atoms with Crippen LogP contribution in [0.1, 0.15) is 32.6 Å². The van der Waals surface area contributed by atoms with Gasteiger partial charge in [0.1, 0.15) is 0 Å². The van der Waals surface area contributed by atoms with Gasteiger partial charge >= 0.3 is 0 Å². The van der Waals surface area contributed by atoms with Crippen LogP contribution in [0.2, 0.25) is 0 Å². The number of hydrogen-bond acceptors (Lipinski definition) is 3. The fourth-order valence-electron chi connectivity index (χ4n) is 3.35. The van der Waals surface area contributed by atoms with Crippen molar-refractivity contribution in [3.63, 3.8) is 0 Å². The summed E-state index contributed by atoms with van der Waals surface area (Å²) in [6.45, 7) is 6.80. The van der Waals surface area contributed by atoms with Crippen molar-refractivity contribution in [3.8, 4) is 12.3 Å². The lowest BCUT2D eigenvalue weighted by molar-refractivity contribution is 0.112. The van der Waals surface area contributed by atoms with Gasteiger partial charge in [0.25, 0.3) is 0 Å². The van der Waals surface area contributed by atoms with Crippen LogP contribution in [0, 0.1) is 12.3 Å². The van der Waals surface area contributed by atoms with E-state index in [0.717, 1.165) is 19.0 Å². The van der Waals surface area contributed by atoms with E-state index in [1.165, 1.54) is 50.3 Å². The molecule has 1 aliphatic heterocycles. The maximum Gasteiger partial charge on any atom is 0.192 e. The van der Waals surface area contributed by atoms with Crippen LogP contribution < -0.4 is 10.6 Å². The van der Waals surface area contributed by atoms with Crippen LogP contribution in [0.5, 0.6) is 0 Å². The Hall–Kier alpha value is -0.130. The van der Waals surface area contributed by atoms with Crippen LogP contribution in [0.25, 0.3) is 0 Å². The predicted octanol–water partition coefficient (Wildman–Crippen LogP) is 2.15. The predicted molar refractivity (Wildman–Crippen MR) is 108 cm³/mol. The summed E-state index contributed by atoms with van der Waals surface area (Å²) in [4.78, 5) is 7.53. The quantitative estimate of drug-likeness (QED) is 0.300. The van der Waals surface area contributed by atoms with Crippen molar-refractivity contribution >= 4 is 41.7 Å². The normalized spacial score (nSPS) is 21.7. The minimum atomic E-state index is 0. The zero-order valence-electron chi connectivity index (χ0n) is 13.6. The van der Waals surface area contributed by atoms with Crippen molar-refractivity contribution in [2.75, 3.05) is 44.2 Å². The summed E-state index contributed by atoms with van der Waals surface area (Å²) in [5, 5.41) is 6.48. The molecule has 0 aromatic rings.